The largest absolute Gasteiger partial charge is 0.345 e. The molecule has 5 nitrogen and oxygen atoms in total. The molecule has 6 rings (SSSR count). The number of nitrogens with one attached hydrogen (secondary N) is 1. The summed E-state index contributed by atoms with van der Waals surface area (Å²) in [7, 11) is 0. The minimum Gasteiger partial charge on any atom is -0.345 e. The number of hydrogen-bond donors (Lipinski definition) is 1. The number of piperazine rings is 1. The second kappa shape index (κ2) is 14.4. The Labute approximate surface area is 261 Å². The molecule has 44 heavy (non-hydrogen) atoms. The molecule has 0 radical (unpaired) electrons. The maximum absolute atomic E-state index is 14.3. The van der Waals surface area contributed by atoms with Crippen molar-refractivity contribution in [3.63, 3.8) is 0 Å². The Morgan fingerprint density at radius 3 is 1.95 bits per heavy atom. The van der Waals surface area contributed by atoms with Gasteiger partial charge in [0, 0.05) is 50.2 Å². The number of benzene rings is 4. The zero-order valence-corrected chi connectivity index (χ0v) is 25.7. The first-order chi connectivity index (χ1) is 21.7. The highest BCUT2D eigenvalue weighted by atomic mass is 16.1. The number of nitrogens with zero attached hydrogens (tertiary/aromatic N) is 3. The summed E-state index contributed by atoms with van der Waals surface area (Å²) < 4.78 is 0. The lowest BCUT2D eigenvalue weighted by Gasteiger charge is -2.35. The number of amides is 1. The molecule has 5 heteroatoms. The molecule has 1 fully saturated rings. The van der Waals surface area contributed by atoms with Crippen LogP contribution in [0.2, 0.25) is 0 Å². The fourth-order valence-corrected chi connectivity index (χ4v) is 6.36. The molecular formula is C39H42N4O. The molecule has 1 unspecified atom stereocenters. The Kier molecular flexibility index (Phi) is 9.76. The number of carbonyl (C=O) groups excluding carboxylic acids is 1. The quantitative estimate of drug-likeness (QED) is 0.179. The van der Waals surface area contributed by atoms with Crippen LogP contribution in [0.15, 0.2) is 115 Å². The van der Waals surface area contributed by atoms with E-state index in [0.717, 1.165) is 97.4 Å². The molecule has 0 aliphatic carbocycles. The molecule has 2 heterocycles. The third-order valence-electron chi connectivity index (χ3n) is 8.89. The normalized spacial score (nSPS) is 14.8. The van der Waals surface area contributed by atoms with Crippen LogP contribution in [0.25, 0.3) is 22.2 Å². The Morgan fingerprint density at radius 2 is 1.30 bits per heavy atom. The van der Waals surface area contributed by atoms with Gasteiger partial charge in [-0.1, -0.05) is 116 Å². The van der Waals surface area contributed by atoms with Crippen LogP contribution in [0, 0.1) is 0 Å². The number of pyridine rings is 1. The van der Waals surface area contributed by atoms with Crippen molar-refractivity contribution in [3.8, 4) is 11.3 Å². The molecular weight excluding hydrogens is 540 g/mol. The predicted octanol–water partition coefficient (Wildman–Crippen LogP) is 7.19. The van der Waals surface area contributed by atoms with Crippen LogP contribution in [-0.4, -0.2) is 60.0 Å². The van der Waals surface area contributed by atoms with Gasteiger partial charge in [0.2, 0.25) is 0 Å². The molecule has 0 spiro atoms. The van der Waals surface area contributed by atoms with Crippen LogP contribution < -0.4 is 5.32 Å². The average Bonchev–Trinajstić information content (AvgIpc) is 3.09. The fourth-order valence-electron chi connectivity index (χ4n) is 6.36. The van der Waals surface area contributed by atoms with E-state index in [-0.39, 0.29) is 11.9 Å². The molecule has 4 aromatic carbocycles. The fraction of sp³-hybridized carbons (Fsp3) is 0.282. The van der Waals surface area contributed by atoms with Gasteiger partial charge in [-0.25, -0.2) is 4.98 Å². The molecule has 224 valence electrons. The molecule has 1 N–H and O–H groups in total. The number of hydrogen-bond acceptors (Lipinski definition) is 4. The number of rotatable bonds is 11. The van der Waals surface area contributed by atoms with Crippen LogP contribution in [0.5, 0.6) is 0 Å². The molecule has 1 aliphatic heterocycles. The van der Waals surface area contributed by atoms with Crippen LogP contribution >= 0.6 is 0 Å². The smallest absolute Gasteiger partial charge is 0.252 e. The molecule has 0 saturated carbocycles. The lowest BCUT2D eigenvalue weighted by molar-refractivity contribution is 0.0935. The van der Waals surface area contributed by atoms with Crippen molar-refractivity contribution in [2.45, 2.75) is 32.2 Å². The van der Waals surface area contributed by atoms with Crippen molar-refractivity contribution >= 4 is 16.8 Å². The lowest BCUT2D eigenvalue weighted by atomic mass is 9.93. The van der Waals surface area contributed by atoms with Gasteiger partial charge in [-0.2, -0.15) is 0 Å². The summed E-state index contributed by atoms with van der Waals surface area (Å²) in [5.41, 5.74) is 7.10. The van der Waals surface area contributed by atoms with Crippen molar-refractivity contribution in [1.82, 2.24) is 20.1 Å². The van der Waals surface area contributed by atoms with E-state index in [1.165, 1.54) is 5.56 Å². The van der Waals surface area contributed by atoms with Gasteiger partial charge in [0.15, 0.2) is 0 Å². The first-order valence-electron chi connectivity index (χ1n) is 16.0. The zero-order chi connectivity index (χ0) is 30.1. The summed E-state index contributed by atoms with van der Waals surface area (Å²) in [5.74, 6) is -0.0304. The minimum absolute atomic E-state index is 0.0304. The monoisotopic (exact) mass is 582 g/mol. The molecule has 1 atom stereocenters. The SMILES string of the molecule is CCC(NC(=O)c1c(CCN2CCN(CCc3ccccc3)CC2)c(-c2ccccc2)nc2ccccc12)c1ccccc1. The number of para-hydroxylation sites is 1. The van der Waals surface area contributed by atoms with Crippen LogP contribution in [0.3, 0.4) is 0 Å². The topological polar surface area (TPSA) is 48.5 Å². The Bertz CT molecular complexity index is 1650. The van der Waals surface area contributed by atoms with Crippen molar-refractivity contribution in [3.05, 3.63) is 138 Å². The number of fused-ring (bicyclic) bond motifs is 1. The standard InChI is InChI=1S/C39H42N4O/c1-2-35(31-16-8-4-9-17-31)41-39(44)37-33-20-12-13-21-36(33)40-38(32-18-10-5-11-19-32)34(37)23-25-43-28-26-42(27-29-43)24-22-30-14-6-3-7-15-30/h3-21,35H,2,22-29H2,1H3,(H,41,44). The van der Waals surface area contributed by atoms with E-state index in [0.29, 0.717) is 0 Å². The first kappa shape index (κ1) is 29.7. The van der Waals surface area contributed by atoms with E-state index in [1.54, 1.807) is 0 Å². The van der Waals surface area contributed by atoms with Crippen molar-refractivity contribution in [2.75, 3.05) is 39.3 Å². The summed E-state index contributed by atoms with van der Waals surface area (Å²) >= 11 is 0. The predicted molar refractivity (Wildman–Crippen MR) is 181 cm³/mol. The van der Waals surface area contributed by atoms with Gasteiger partial charge in [-0.05, 0) is 42.0 Å². The van der Waals surface area contributed by atoms with Crippen LogP contribution in [-0.2, 0) is 12.8 Å². The minimum atomic E-state index is -0.0624. The second-order valence-electron chi connectivity index (χ2n) is 11.7. The van der Waals surface area contributed by atoms with Gasteiger partial charge in [0.05, 0.1) is 22.8 Å². The Morgan fingerprint density at radius 1 is 0.727 bits per heavy atom. The van der Waals surface area contributed by atoms with E-state index in [4.69, 9.17) is 4.98 Å². The van der Waals surface area contributed by atoms with Gasteiger partial charge in [-0.15, -0.1) is 0 Å². The van der Waals surface area contributed by atoms with Gasteiger partial charge >= 0.3 is 0 Å². The van der Waals surface area contributed by atoms with Crippen molar-refractivity contribution in [2.24, 2.45) is 0 Å². The van der Waals surface area contributed by atoms with Crippen LogP contribution in [0.1, 0.15) is 46.4 Å². The highest BCUT2D eigenvalue weighted by molar-refractivity contribution is 6.09. The van der Waals surface area contributed by atoms with Gasteiger partial charge in [0.25, 0.3) is 5.91 Å². The average molecular weight is 583 g/mol. The third-order valence-corrected chi connectivity index (χ3v) is 8.89. The second-order valence-corrected chi connectivity index (χ2v) is 11.7. The third kappa shape index (κ3) is 7.07. The highest BCUT2D eigenvalue weighted by Gasteiger charge is 2.25. The van der Waals surface area contributed by atoms with E-state index >= 15 is 0 Å². The summed E-state index contributed by atoms with van der Waals surface area (Å²) in [6.07, 6.45) is 2.66. The Hall–Kier alpha value is -4.32. The molecule has 1 amide bonds. The number of aromatic nitrogens is 1. The highest BCUT2D eigenvalue weighted by Crippen LogP contribution is 2.32. The van der Waals surface area contributed by atoms with E-state index in [1.807, 2.05) is 60.7 Å². The van der Waals surface area contributed by atoms with Crippen molar-refractivity contribution < 1.29 is 4.79 Å². The van der Waals surface area contributed by atoms with E-state index < -0.39 is 0 Å². The summed E-state index contributed by atoms with van der Waals surface area (Å²) in [4.78, 5) is 24.6. The molecule has 1 saturated heterocycles. The van der Waals surface area contributed by atoms with Gasteiger partial charge in [0.1, 0.15) is 0 Å². The summed E-state index contributed by atoms with van der Waals surface area (Å²) in [6, 6.07) is 39.4. The van der Waals surface area contributed by atoms with E-state index in [9.17, 15) is 4.79 Å². The Balaban J connectivity index is 1.26. The van der Waals surface area contributed by atoms with Crippen LogP contribution in [0.4, 0.5) is 0 Å². The number of carbonyl (C=O) groups is 1. The molecule has 1 aromatic heterocycles. The molecule has 0 bridgehead atoms. The zero-order valence-electron chi connectivity index (χ0n) is 25.7. The molecule has 5 aromatic rings. The summed E-state index contributed by atoms with van der Waals surface area (Å²) in [5, 5.41) is 4.31. The maximum atomic E-state index is 14.3. The first-order valence-corrected chi connectivity index (χ1v) is 16.0. The van der Waals surface area contributed by atoms with Gasteiger partial charge in [-0.3, -0.25) is 4.79 Å². The summed E-state index contributed by atoms with van der Waals surface area (Å²) in [6.45, 7) is 8.30. The van der Waals surface area contributed by atoms with Crippen molar-refractivity contribution in [1.29, 1.82) is 0 Å². The van der Waals surface area contributed by atoms with Gasteiger partial charge < -0.3 is 15.1 Å². The lowest BCUT2D eigenvalue weighted by Crippen LogP contribution is -2.47. The molecule has 1 aliphatic rings. The van der Waals surface area contributed by atoms with E-state index in [2.05, 4.69) is 76.6 Å². The maximum Gasteiger partial charge on any atom is 0.252 e.